The van der Waals surface area contributed by atoms with Crippen molar-refractivity contribution in [3.8, 4) is 5.75 Å². The van der Waals surface area contributed by atoms with Gasteiger partial charge >= 0.3 is 6.03 Å². The van der Waals surface area contributed by atoms with Crippen LogP contribution in [0.15, 0.2) is 48.5 Å². The minimum Gasteiger partial charge on any atom is -0.497 e. The van der Waals surface area contributed by atoms with E-state index in [9.17, 15) is 9.59 Å². The Kier molecular flexibility index (Phi) is 4.49. The number of aryl methyl sites for hydroxylation is 1. The van der Waals surface area contributed by atoms with Gasteiger partial charge in [-0.15, -0.1) is 0 Å². The highest BCUT2D eigenvalue weighted by molar-refractivity contribution is 6.07. The minimum absolute atomic E-state index is 0.214. The minimum atomic E-state index is -1.02. The maximum absolute atomic E-state index is 13.2. The van der Waals surface area contributed by atoms with Crippen LogP contribution in [0.5, 0.6) is 5.75 Å². The Balaban J connectivity index is 1.93. The summed E-state index contributed by atoms with van der Waals surface area (Å²) in [5.41, 5.74) is 1.77. The Hall–Kier alpha value is -2.82. The molecule has 5 nitrogen and oxygen atoms in total. The van der Waals surface area contributed by atoms with Crippen molar-refractivity contribution >= 4 is 11.9 Å². The molecule has 1 aliphatic heterocycles. The molecule has 0 aliphatic carbocycles. The maximum Gasteiger partial charge on any atom is 0.325 e. The Labute approximate surface area is 147 Å². The number of hydrogen-bond acceptors (Lipinski definition) is 3. The molecule has 130 valence electrons. The molecule has 2 aromatic carbocycles. The molecule has 1 saturated heterocycles. The quantitative estimate of drug-likeness (QED) is 0.851. The van der Waals surface area contributed by atoms with Gasteiger partial charge in [0, 0.05) is 0 Å². The highest BCUT2D eigenvalue weighted by atomic mass is 16.5. The van der Waals surface area contributed by atoms with Gasteiger partial charge in [-0.2, -0.15) is 0 Å². The summed E-state index contributed by atoms with van der Waals surface area (Å²) in [6.07, 6.45) is 0.480. The molecule has 1 aliphatic rings. The van der Waals surface area contributed by atoms with E-state index in [1.54, 1.807) is 19.2 Å². The van der Waals surface area contributed by atoms with Crippen LogP contribution >= 0.6 is 0 Å². The third-order valence-corrected chi connectivity index (χ3v) is 4.88. The molecule has 0 bridgehead atoms. The fourth-order valence-corrected chi connectivity index (χ4v) is 3.24. The van der Waals surface area contributed by atoms with Crippen LogP contribution in [0.2, 0.25) is 0 Å². The molecule has 1 N–H and O–H groups in total. The molecule has 1 fully saturated rings. The zero-order chi connectivity index (χ0) is 18.0. The molecule has 2 aromatic rings. The molecule has 0 aromatic heterocycles. The number of carbonyl (C=O) groups is 2. The van der Waals surface area contributed by atoms with Gasteiger partial charge in [-0.3, -0.25) is 9.69 Å². The number of ether oxygens (including phenoxy) is 1. The lowest BCUT2D eigenvalue weighted by Crippen LogP contribution is -2.43. The number of nitrogens with zero attached hydrogens (tertiary/aromatic N) is 1. The molecule has 0 unspecified atom stereocenters. The molecule has 5 heteroatoms. The number of urea groups is 1. The van der Waals surface area contributed by atoms with Crippen molar-refractivity contribution in [2.24, 2.45) is 0 Å². The van der Waals surface area contributed by atoms with Crippen molar-refractivity contribution in [3.63, 3.8) is 0 Å². The van der Waals surface area contributed by atoms with E-state index in [1.807, 2.05) is 50.2 Å². The summed E-state index contributed by atoms with van der Waals surface area (Å²) in [7, 11) is 1.59. The number of rotatable bonds is 5. The number of hydrogen-bond donors (Lipinski definition) is 1. The van der Waals surface area contributed by atoms with Gasteiger partial charge in [-0.05, 0) is 42.2 Å². The standard InChI is InChI=1S/C20H22N2O3/c1-4-20(16-9-11-17(25-3)12-10-16)18(23)22(19(24)21-20)13-15-8-6-5-7-14(15)2/h5-12H,4,13H2,1-3H3,(H,21,24)/t20-/m0/s1. The van der Waals surface area contributed by atoms with Gasteiger partial charge in [0.1, 0.15) is 11.3 Å². The zero-order valence-corrected chi connectivity index (χ0v) is 14.7. The van der Waals surface area contributed by atoms with Gasteiger partial charge in [0.15, 0.2) is 0 Å². The maximum atomic E-state index is 13.2. The molecular formula is C20H22N2O3. The van der Waals surface area contributed by atoms with E-state index < -0.39 is 5.54 Å². The lowest BCUT2D eigenvalue weighted by Gasteiger charge is -2.26. The van der Waals surface area contributed by atoms with Crippen LogP contribution < -0.4 is 10.1 Å². The van der Waals surface area contributed by atoms with Crippen LogP contribution in [-0.4, -0.2) is 23.9 Å². The van der Waals surface area contributed by atoms with Gasteiger partial charge in [0.2, 0.25) is 0 Å². The third kappa shape index (κ3) is 2.86. The smallest absolute Gasteiger partial charge is 0.325 e. The zero-order valence-electron chi connectivity index (χ0n) is 14.7. The second-order valence-corrected chi connectivity index (χ2v) is 6.24. The first-order chi connectivity index (χ1) is 12.0. The van der Waals surface area contributed by atoms with Crippen LogP contribution in [0.25, 0.3) is 0 Å². The Morgan fingerprint density at radius 3 is 2.36 bits per heavy atom. The van der Waals surface area contributed by atoms with Crippen molar-refractivity contribution in [2.45, 2.75) is 32.4 Å². The van der Waals surface area contributed by atoms with Crippen molar-refractivity contribution < 1.29 is 14.3 Å². The number of carbonyl (C=O) groups excluding carboxylic acids is 2. The first-order valence-electron chi connectivity index (χ1n) is 8.35. The Morgan fingerprint density at radius 2 is 1.76 bits per heavy atom. The Morgan fingerprint density at radius 1 is 1.08 bits per heavy atom. The van der Waals surface area contributed by atoms with Gasteiger partial charge in [0.05, 0.1) is 13.7 Å². The molecule has 3 amide bonds. The molecule has 1 atom stereocenters. The summed E-state index contributed by atoms with van der Waals surface area (Å²) >= 11 is 0. The molecule has 3 rings (SSSR count). The van der Waals surface area contributed by atoms with Gasteiger partial charge in [0.25, 0.3) is 5.91 Å². The number of methoxy groups -OCH3 is 1. The van der Waals surface area contributed by atoms with Crippen molar-refractivity contribution in [1.29, 1.82) is 0 Å². The second kappa shape index (κ2) is 6.59. The summed E-state index contributed by atoms with van der Waals surface area (Å²) < 4.78 is 5.18. The summed E-state index contributed by atoms with van der Waals surface area (Å²) in [6, 6.07) is 14.7. The lowest BCUT2D eigenvalue weighted by molar-refractivity contribution is -0.132. The highest BCUT2D eigenvalue weighted by Crippen LogP contribution is 2.34. The normalized spacial score (nSPS) is 19.9. The van der Waals surface area contributed by atoms with Crippen LogP contribution in [-0.2, 0) is 16.9 Å². The molecule has 25 heavy (non-hydrogen) atoms. The van der Waals surface area contributed by atoms with Crippen LogP contribution in [0.4, 0.5) is 4.79 Å². The monoisotopic (exact) mass is 338 g/mol. The van der Waals surface area contributed by atoms with Crippen LogP contribution in [0.3, 0.4) is 0 Å². The molecule has 0 saturated carbocycles. The first kappa shape index (κ1) is 17.0. The average Bonchev–Trinajstić information content (AvgIpc) is 2.88. The van der Waals surface area contributed by atoms with E-state index in [2.05, 4.69) is 5.32 Å². The van der Waals surface area contributed by atoms with E-state index in [-0.39, 0.29) is 18.5 Å². The van der Waals surface area contributed by atoms with Gasteiger partial charge in [-0.1, -0.05) is 43.3 Å². The van der Waals surface area contributed by atoms with Gasteiger partial charge in [-0.25, -0.2) is 4.79 Å². The predicted molar refractivity (Wildman–Crippen MR) is 95.2 cm³/mol. The fraction of sp³-hybridized carbons (Fsp3) is 0.300. The summed E-state index contributed by atoms with van der Waals surface area (Å²) in [4.78, 5) is 27.0. The first-order valence-corrected chi connectivity index (χ1v) is 8.35. The van der Waals surface area contributed by atoms with Crippen molar-refractivity contribution in [3.05, 3.63) is 65.2 Å². The summed E-state index contributed by atoms with van der Waals surface area (Å²) in [5.74, 6) is 0.497. The molecule has 1 heterocycles. The van der Waals surface area contributed by atoms with E-state index in [0.29, 0.717) is 12.2 Å². The van der Waals surface area contributed by atoms with Gasteiger partial charge < -0.3 is 10.1 Å². The second-order valence-electron chi connectivity index (χ2n) is 6.24. The third-order valence-electron chi connectivity index (χ3n) is 4.88. The summed E-state index contributed by atoms with van der Waals surface area (Å²) in [5, 5.41) is 2.91. The topological polar surface area (TPSA) is 58.6 Å². The van der Waals surface area contributed by atoms with E-state index in [1.165, 1.54) is 4.90 Å². The number of imide groups is 1. The predicted octanol–water partition coefficient (Wildman–Crippen LogP) is 3.36. The largest absolute Gasteiger partial charge is 0.497 e. The van der Waals surface area contributed by atoms with Crippen molar-refractivity contribution in [1.82, 2.24) is 10.2 Å². The number of nitrogens with one attached hydrogen (secondary N) is 1. The number of benzene rings is 2. The lowest BCUT2D eigenvalue weighted by atomic mass is 9.87. The van der Waals surface area contributed by atoms with E-state index >= 15 is 0 Å². The highest BCUT2D eigenvalue weighted by Gasteiger charge is 2.51. The van der Waals surface area contributed by atoms with E-state index in [0.717, 1.165) is 16.7 Å². The molecule has 0 spiro atoms. The summed E-state index contributed by atoms with van der Waals surface area (Å²) in [6.45, 7) is 4.15. The molecule has 0 radical (unpaired) electrons. The van der Waals surface area contributed by atoms with E-state index in [4.69, 9.17) is 4.74 Å². The molecular weight excluding hydrogens is 316 g/mol. The average molecular weight is 338 g/mol. The van der Waals surface area contributed by atoms with Crippen LogP contribution in [0, 0.1) is 6.92 Å². The van der Waals surface area contributed by atoms with Crippen molar-refractivity contribution in [2.75, 3.05) is 7.11 Å². The van der Waals surface area contributed by atoms with Crippen LogP contribution in [0.1, 0.15) is 30.0 Å². The fourth-order valence-electron chi connectivity index (χ4n) is 3.24. The number of amides is 3. The SMILES string of the molecule is CC[C@@]1(c2ccc(OC)cc2)NC(=O)N(Cc2ccccc2C)C1=O. The Bertz CT molecular complexity index is 801.